The highest BCUT2D eigenvalue weighted by Crippen LogP contribution is 2.66. The van der Waals surface area contributed by atoms with Crippen LogP contribution in [0.15, 0.2) is 18.6 Å². The third kappa shape index (κ3) is 3.63. The zero-order valence-corrected chi connectivity index (χ0v) is 20.4. The molecule has 1 unspecified atom stereocenters. The molecule has 10 heteroatoms. The van der Waals surface area contributed by atoms with Crippen LogP contribution in [0.2, 0.25) is 0 Å². The summed E-state index contributed by atoms with van der Waals surface area (Å²) in [7, 11) is 0. The summed E-state index contributed by atoms with van der Waals surface area (Å²) in [6.45, 7) is 3.90. The number of ether oxygens (including phenoxy) is 1. The molecule has 4 atom stereocenters. The van der Waals surface area contributed by atoms with Crippen LogP contribution in [0, 0.1) is 18.8 Å². The molecule has 0 spiro atoms. The highest BCUT2D eigenvalue weighted by Gasteiger charge is 2.65. The minimum Gasteiger partial charge on any atom is -0.370 e. The fourth-order valence-corrected chi connectivity index (χ4v) is 6.85. The van der Waals surface area contributed by atoms with Gasteiger partial charge in [-0.05, 0) is 64.7 Å². The van der Waals surface area contributed by atoms with Crippen molar-refractivity contribution in [1.29, 1.82) is 0 Å². The van der Waals surface area contributed by atoms with Gasteiger partial charge in [-0.2, -0.15) is 18.3 Å². The lowest BCUT2D eigenvalue weighted by molar-refractivity contribution is -0.180. The molecule has 0 radical (unpaired) electrons. The number of hydrogen-bond donors (Lipinski definition) is 0. The van der Waals surface area contributed by atoms with E-state index in [1.54, 1.807) is 6.20 Å². The molecule has 2 bridgehead atoms. The second kappa shape index (κ2) is 7.69. The van der Waals surface area contributed by atoms with Crippen molar-refractivity contribution in [3.8, 4) is 0 Å². The summed E-state index contributed by atoms with van der Waals surface area (Å²) >= 11 is 0. The third-order valence-corrected chi connectivity index (χ3v) is 8.74. The molecule has 7 nitrogen and oxygen atoms in total. The van der Waals surface area contributed by atoms with Crippen molar-refractivity contribution in [2.75, 3.05) is 0 Å². The summed E-state index contributed by atoms with van der Waals surface area (Å²) in [5.74, 6) is -0.923. The number of aromatic nitrogens is 6. The normalized spacial score (nSPS) is 34.2. The van der Waals surface area contributed by atoms with Crippen LogP contribution in [0.3, 0.4) is 0 Å². The molecule has 4 heterocycles. The summed E-state index contributed by atoms with van der Waals surface area (Å²) in [5, 5.41) is 4.53. The number of fused-ring (bicyclic) bond motifs is 2. The maximum Gasteiger partial charge on any atom is 0.392 e. The van der Waals surface area contributed by atoms with E-state index in [0.717, 1.165) is 30.5 Å². The van der Waals surface area contributed by atoms with Gasteiger partial charge in [0.1, 0.15) is 11.3 Å². The van der Waals surface area contributed by atoms with E-state index in [4.69, 9.17) is 14.7 Å². The zero-order chi connectivity index (χ0) is 24.8. The average molecular weight is 499 g/mol. The fourth-order valence-electron chi connectivity index (χ4n) is 6.85. The van der Waals surface area contributed by atoms with Gasteiger partial charge in [-0.3, -0.25) is 4.68 Å². The van der Waals surface area contributed by atoms with E-state index in [2.05, 4.69) is 28.2 Å². The number of aryl methyl sites for hydroxylation is 1. The van der Waals surface area contributed by atoms with E-state index in [1.165, 1.54) is 0 Å². The Bertz CT molecular complexity index is 1330. The predicted octanol–water partition coefficient (Wildman–Crippen LogP) is 5.51. The first kappa shape index (κ1) is 22.6. The Hall–Kier alpha value is -2.62. The summed E-state index contributed by atoms with van der Waals surface area (Å²) < 4.78 is 49.4. The van der Waals surface area contributed by atoms with E-state index in [0.29, 0.717) is 48.0 Å². The molecular weight excluding hydrogens is 469 g/mol. The van der Waals surface area contributed by atoms with Gasteiger partial charge >= 0.3 is 6.18 Å². The van der Waals surface area contributed by atoms with Gasteiger partial charge in [-0.25, -0.2) is 19.9 Å². The van der Waals surface area contributed by atoms with E-state index < -0.39 is 17.5 Å². The number of alkyl halides is 3. The lowest BCUT2D eigenvalue weighted by Gasteiger charge is -2.39. The zero-order valence-electron chi connectivity index (χ0n) is 20.4. The Morgan fingerprint density at radius 1 is 1.06 bits per heavy atom. The van der Waals surface area contributed by atoms with Crippen LogP contribution in [-0.2, 0) is 10.2 Å². The van der Waals surface area contributed by atoms with Crippen LogP contribution in [0.4, 0.5) is 13.2 Å². The average Bonchev–Trinajstić information content (AvgIpc) is 3.24. The first-order chi connectivity index (χ1) is 17.2. The number of rotatable bonds is 4. The van der Waals surface area contributed by atoms with Crippen molar-refractivity contribution in [3.05, 3.63) is 41.4 Å². The molecule has 1 aliphatic heterocycles. The van der Waals surface area contributed by atoms with Gasteiger partial charge in [0.05, 0.1) is 41.8 Å². The monoisotopic (exact) mass is 498 g/mol. The fraction of sp³-hybridized carbons (Fsp3) is 0.654. The third-order valence-electron chi connectivity index (χ3n) is 8.74. The van der Waals surface area contributed by atoms with Crippen molar-refractivity contribution >= 4 is 11.2 Å². The Morgan fingerprint density at radius 2 is 1.86 bits per heavy atom. The Kier molecular flexibility index (Phi) is 4.82. The first-order valence-corrected chi connectivity index (χ1v) is 13.0. The van der Waals surface area contributed by atoms with Crippen LogP contribution in [0.1, 0.15) is 92.7 Å². The maximum atomic E-state index is 13.7. The molecule has 190 valence electrons. The van der Waals surface area contributed by atoms with Gasteiger partial charge in [0.15, 0.2) is 5.65 Å². The van der Waals surface area contributed by atoms with Crippen molar-refractivity contribution in [2.45, 2.75) is 94.6 Å². The van der Waals surface area contributed by atoms with Gasteiger partial charge < -0.3 is 4.74 Å². The van der Waals surface area contributed by atoms with E-state index in [-0.39, 0.29) is 30.5 Å². The Labute approximate surface area is 206 Å². The molecule has 5 fully saturated rings. The Balaban J connectivity index is 1.25. The molecule has 4 aliphatic carbocycles. The molecule has 0 N–H and O–H groups in total. The highest BCUT2D eigenvalue weighted by molar-refractivity contribution is 5.74. The van der Waals surface area contributed by atoms with Crippen LogP contribution in [0.25, 0.3) is 11.2 Å². The quantitative estimate of drug-likeness (QED) is 0.472. The standard InChI is InChI=1S/C26H29F3N6O/c1-13-10-30-21-22(25-7-16(8-25)19(9-25)26(27,28)29)33-23(34-24(21)32-13)15-5-14(2)36-20(6-15)17-11-31-35(12-17)18-3-4-18/h10-12,14-16,18-20H,3-9H2,1-2H3/t14-,15-,16?,19?,20-,25?/m0/s1. The largest absolute Gasteiger partial charge is 0.392 e. The van der Waals surface area contributed by atoms with Gasteiger partial charge in [-0.15, -0.1) is 0 Å². The highest BCUT2D eigenvalue weighted by atomic mass is 19.4. The van der Waals surface area contributed by atoms with Crippen molar-refractivity contribution in [2.24, 2.45) is 11.8 Å². The summed E-state index contributed by atoms with van der Waals surface area (Å²) in [5.41, 5.74) is 2.89. The first-order valence-electron chi connectivity index (χ1n) is 13.0. The summed E-state index contributed by atoms with van der Waals surface area (Å²) in [6, 6.07) is 0.501. The topological polar surface area (TPSA) is 78.6 Å². The molecule has 3 aromatic rings. The minimum absolute atomic E-state index is 0.00305. The Morgan fingerprint density at radius 3 is 2.58 bits per heavy atom. The van der Waals surface area contributed by atoms with Gasteiger partial charge in [0, 0.05) is 29.3 Å². The molecule has 8 rings (SSSR count). The van der Waals surface area contributed by atoms with Gasteiger partial charge in [0.25, 0.3) is 0 Å². The van der Waals surface area contributed by atoms with Crippen molar-refractivity contribution < 1.29 is 17.9 Å². The second-order valence-corrected chi connectivity index (χ2v) is 11.5. The molecule has 5 aliphatic rings. The molecular formula is C26H29F3N6O. The number of halogens is 3. The lowest BCUT2D eigenvalue weighted by Crippen LogP contribution is -2.35. The minimum atomic E-state index is -4.18. The van der Waals surface area contributed by atoms with Crippen LogP contribution in [-0.4, -0.2) is 42.0 Å². The summed E-state index contributed by atoms with van der Waals surface area (Å²) in [4.78, 5) is 19.0. The predicted molar refractivity (Wildman–Crippen MR) is 124 cm³/mol. The molecule has 4 saturated carbocycles. The molecule has 3 aromatic heterocycles. The van der Waals surface area contributed by atoms with E-state index >= 15 is 0 Å². The number of hydrogen-bond acceptors (Lipinski definition) is 6. The van der Waals surface area contributed by atoms with Gasteiger partial charge in [0.2, 0.25) is 0 Å². The van der Waals surface area contributed by atoms with E-state index in [1.807, 2.05) is 17.8 Å². The van der Waals surface area contributed by atoms with Crippen molar-refractivity contribution in [3.63, 3.8) is 0 Å². The molecule has 36 heavy (non-hydrogen) atoms. The van der Waals surface area contributed by atoms with Crippen molar-refractivity contribution in [1.82, 2.24) is 29.7 Å². The molecule has 0 aromatic carbocycles. The van der Waals surface area contributed by atoms with Gasteiger partial charge in [-0.1, -0.05) is 0 Å². The maximum absolute atomic E-state index is 13.7. The van der Waals surface area contributed by atoms with Crippen LogP contribution in [0.5, 0.6) is 0 Å². The number of nitrogens with zero attached hydrogens (tertiary/aromatic N) is 6. The van der Waals surface area contributed by atoms with Crippen LogP contribution < -0.4 is 0 Å². The second-order valence-electron chi connectivity index (χ2n) is 11.5. The van der Waals surface area contributed by atoms with E-state index in [9.17, 15) is 13.2 Å². The smallest absolute Gasteiger partial charge is 0.370 e. The lowest BCUT2D eigenvalue weighted by atomic mass is 9.67. The van der Waals surface area contributed by atoms with Crippen LogP contribution >= 0.6 is 0 Å². The SMILES string of the molecule is Cc1cnc2c(C34CC(C3)C(C(F)(F)F)C4)nc([C@@H]3C[C@@H](c4cnn(C5CC5)c4)O[C@@H](C)C3)nc2n1. The molecule has 1 saturated heterocycles. The summed E-state index contributed by atoms with van der Waals surface area (Å²) in [6.07, 6.45) is 6.20. The molecule has 0 amide bonds.